The van der Waals surface area contributed by atoms with E-state index in [1.54, 1.807) is 4.90 Å². The first-order valence-electron chi connectivity index (χ1n) is 6.57. The Labute approximate surface area is 112 Å². The van der Waals surface area contributed by atoms with Crippen LogP contribution in [-0.2, 0) is 14.3 Å². The molecule has 0 aromatic carbocycles. The van der Waals surface area contributed by atoms with Crippen LogP contribution in [0.5, 0.6) is 0 Å². The number of carbonyl (C=O) groups excluding carboxylic acids is 1. The Kier molecular flexibility index (Phi) is 7.20. The van der Waals surface area contributed by atoms with E-state index in [0.717, 1.165) is 0 Å². The summed E-state index contributed by atoms with van der Waals surface area (Å²) in [7, 11) is 0. The number of rotatable bonds is 9. The lowest BCUT2D eigenvalue weighted by Gasteiger charge is -2.38. The van der Waals surface area contributed by atoms with Gasteiger partial charge in [-0.15, -0.1) is 0 Å². The van der Waals surface area contributed by atoms with Crippen molar-refractivity contribution in [3.8, 4) is 0 Å². The molecule has 0 aromatic rings. The van der Waals surface area contributed by atoms with Gasteiger partial charge in [-0.25, -0.2) is 4.79 Å². The van der Waals surface area contributed by atoms with Crippen molar-refractivity contribution in [3.05, 3.63) is 0 Å². The minimum absolute atomic E-state index is 0.0729. The standard InChI is InChI=1S/C12H22N2O5/c1-2-18-6-7-19-10-8-14(9-10)12(17)13-5-3-4-11(15)16/h10H,2-9H2,1H3,(H,13,17)(H,15,16). The minimum atomic E-state index is -0.846. The third-order valence-electron chi connectivity index (χ3n) is 2.76. The minimum Gasteiger partial charge on any atom is -0.481 e. The van der Waals surface area contributed by atoms with Crippen LogP contribution in [0.15, 0.2) is 0 Å². The van der Waals surface area contributed by atoms with Crippen molar-refractivity contribution in [2.24, 2.45) is 0 Å². The fraction of sp³-hybridized carbons (Fsp3) is 0.833. The fourth-order valence-electron chi connectivity index (χ4n) is 1.67. The number of carboxylic acid groups (broad SMARTS) is 1. The predicted molar refractivity (Wildman–Crippen MR) is 68.1 cm³/mol. The summed E-state index contributed by atoms with van der Waals surface area (Å²) in [5, 5.41) is 11.1. The first-order chi connectivity index (χ1) is 9.13. The number of hydrogen-bond acceptors (Lipinski definition) is 4. The normalized spacial score (nSPS) is 15.1. The Balaban J connectivity index is 1.97. The number of nitrogens with zero attached hydrogens (tertiary/aromatic N) is 1. The van der Waals surface area contributed by atoms with Crippen LogP contribution in [0.2, 0.25) is 0 Å². The first-order valence-corrected chi connectivity index (χ1v) is 6.57. The summed E-state index contributed by atoms with van der Waals surface area (Å²) in [6.45, 7) is 5.28. The summed E-state index contributed by atoms with van der Waals surface area (Å²) in [5.74, 6) is -0.846. The van der Waals surface area contributed by atoms with Crippen LogP contribution in [-0.4, -0.2) is 67.6 Å². The lowest BCUT2D eigenvalue weighted by molar-refractivity contribution is -0.137. The highest BCUT2D eigenvalue weighted by molar-refractivity contribution is 5.75. The average molecular weight is 274 g/mol. The maximum atomic E-state index is 11.6. The molecule has 0 atom stereocenters. The van der Waals surface area contributed by atoms with E-state index in [9.17, 15) is 9.59 Å². The highest BCUT2D eigenvalue weighted by Gasteiger charge is 2.30. The van der Waals surface area contributed by atoms with Crippen molar-refractivity contribution in [3.63, 3.8) is 0 Å². The zero-order chi connectivity index (χ0) is 14.1. The van der Waals surface area contributed by atoms with Gasteiger partial charge < -0.3 is 24.8 Å². The molecule has 1 rings (SSSR count). The quantitative estimate of drug-likeness (QED) is 0.590. The van der Waals surface area contributed by atoms with Crippen molar-refractivity contribution < 1.29 is 24.2 Å². The van der Waals surface area contributed by atoms with Crippen molar-refractivity contribution in [2.75, 3.05) is 39.5 Å². The molecule has 2 N–H and O–H groups in total. The van der Waals surface area contributed by atoms with Crippen molar-refractivity contribution in [1.82, 2.24) is 10.2 Å². The van der Waals surface area contributed by atoms with E-state index in [1.165, 1.54) is 0 Å². The molecule has 2 amide bonds. The molecule has 1 heterocycles. The molecule has 7 heteroatoms. The second-order valence-electron chi connectivity index (χ2n) is 4.32. The SMILES string of the molecule is CCOCCOC1CN(C(=O)NCCCC(=O)O)C1. The predicted octanol–water partition coefficient (Wildman–Crippen LogP) is 0.298. The third kappa shape index (κ3) is 6.40. The molecule has 0 aliphatic carbocycles. The van der Waals surface area contributed by atoms with Gasteiger partial charge in [-0.3, -0.25) is 4.79 Å². The van der Waals surface area contributed by atoms with Crippen LogP contribution in [0.1, 0.15) is 19.8 Å². The number of carboxylic acids is 1. The van der Waals surface area contributed by atoms with E-state index in [4.69, 9.17) is 14.6 Å². The number of hydrogen-bond donors (Lipinski definition) is 2. The van der Waals surface area contributed by atoms with E-state index in [-0.39, 0.29) is 18.6 Å². The van der Waals surface area contributed by atoms with Crippen molar-refractivity contribution >= 4 is 12.0 Å². The van der Waals surface area contributed by atoms with Crippen LogP contribution in [0.4, 0.5) is 4.79 Å². The number of likely N-dealkylation sites (tertiary alicyclic amines) is 1. The maximum Gasteiger partial charge on any atom is 0.317 e. The summed E-state index contributed by atoms with van der Waals surface area (Å²) >= 11 is 0. The number of urea groups is 1. The number of nitrogens with one attached hydrogen (secondary N) is 1. The molecule has 19 heavy (non-hydrogen) atoms. The van der Waals surface area contributed by atoms with Gasteiger partial charge in [-0.2, -0.15) is 0 Å². The van der Waals surface area contributed by atoms with Gasteiger partial charge in [0, 0.05) is 19.6 Å². The van der Waals surface area contributed by atoms with Crippen LogP contribution in [0.25, 0.3) is 0 Å². The average Bonchev–Trinajstić information content (AvgIpc) is 2.31. The van der Waals surface area contributed by atoms with E-state index < -0.39 is 5.97 Å². The maximum absolute atomic E-state index is 11.6. The zero-order valence-corrected chi connectivity index (χ0v) is 11.3. The topological polar surface area (TPSA) is 88.1 Å². The summed E-state index contributed by atoms with van der Waals surface area (Å²) in [6.07, 6.45) is 0.609. The molecule has 1 aliphatic rings. The number of carbonyl (C=O) groups is 2. The molecule has 0 spiro atoms. The van der Waals surface area contributed by atoms with Crippen molar-refractivity contribution in [2.45, 2.75) is 25.9 Å². The molecule has 110 valence electrons. The number of aliphatic carboxylic acids is 1. The molecule has 0 unspecified atom stereocenters. The molecule has 0 saturated carbocycles. The lowest BCUT2D eigenvalue weighted by Crippen LogP contribution is -2.58. The van der Waals surface area contributed by atoms with Crippen LogP contribution < -0.4 is 5.32 Å². The van der Waals surface area contributed by atoms with Crippen LogP contribution in [0.3, 0.4) is 0 Å². The highest BCUT2D eigenvalue weighted by Crippen LogP contribution is 2.11. The Morgan fingerprint density at radius 3 is 2.74 bits per heavy atom. The van der Waals surface area contributed by atoms with Gasteiger partial charge in [-0.05, 0) is 13.3 Å². The largest absolute Gasteiger partial charge is 0.481 e. The molecular weight excluding hydrogens is 252 g/mol. The molecular formula is C12H22N2O5. The summed E-state index contributed by atoms with van der Waals surface area (Å²) in [4.78, 5) is 23.5. The molecule has 1 aliphatic heterocycles. The molecule has 0 aromatic heterocycles. The Hall–Kier alpha value is -1.34. The van der Waals surface area contributed by atoms with Crippen LogP contribution >= 0.6 is 0 Å². The second-order valence-corrected chi connectivity index (χ2v) is 4.32. The van der Waals surface area contributed by atoms with Crippen molar-refractivity contribution in [1.29, 1.82) is 0 Å². The summed E-state index contributed by atoms with van der Waals surface area (Å²) < 4.78 is 10.6. The molecule has 1 saturated heterocycles. The summed E-state index contributed by atoms with van der Waals surface area (Å²) in [6, 6.07) is -0.157. The van der Waals surface area contributed by atoms with E-state index in [1.807, 2.05) is 6.92 Å². The Morgan fingerprint density at radius 1 is 1.37 bits per heavy atom. The summed E-state index contributed by atoms with van der Waals surface area (Å²) in [5.41, 5.74) is 0. The molecule has 1 fully saturated rings. The van der Waals surface area contributed by atoms with Crippen LogP contribution in [0, 0.1) is 0 Å². The molecule has 0 bridgehead atoms. The van der Waals surface area contributed by atoms with E-state index in [2.05, 4.69) is 5.32 Å². The van der Waals surface area contributed by atoms with Gasteiger partial charge in [0.25, 0.3) is 0 Å². The van der Waals surface area contributed by atoms with Gasteiger partial charge >= 0.3 is 12.0 Å². The monoisotopic (exact) mass is 274 g/mol. The lowest BCUT2D eigenvalue weighted by atomic mass is 10.2. The second kappa shape index (κ2) is 8.71. The van der Waals surface area contributed by atoms with Gasteiger partial charge in [0.1, 0.15) is 0 Å². The molecule has 7 nitrogen and oxygen atoms in total. The number of amides is 2. The van der Waals surface area contributed by atoms with Gasteiger partial charge in [0.2, 0.25) is 0 Å². The van der Waals surface area contributed by atoms with Gasteiger partial charge in [0.15, 0.2) is 0 Å². The Bertz CT molecular complexity index is 292. The third-order valence-corrected chi connectivity index (χ3v) is 2.76. The molecule has 0 radical (unpaired) electrons. The van der Waals surface area contributed by atoms with E-state index in [0.29, 0.717) is 45.9 Å². The van der Waals surface area contributed by atoms with Gasteiger partial charge in [0.05, 0.1) is 32.4 Å². The zero-order valence-electron chi connectivity index (χ0n) is 11.3. The van der Waals surface area contributed by atoms with E-state index >= 15 is 0 Å². The fourth-order valence-corrected chi connectivity index (χ4v) is 1.67. The van der Waals surface area contributed by atoms with Gasteiger partial charge in [-0.1, -0.05) is 0 Å². The smallest absolute Gasteiger partial charge is 0.317 e. The highest BCUT2D eigenvalue weighted by atomic mass is 16.5. The number of ether oxygens (including phenoxy) is 2. The Morgan fingerprint density at radius 2 is 2.11 bits per heavy atom. The first kappa shape index (κ1) is 15.7.